The van der Waals surface area contributed by atoms with Gasteiger partial charge in [0.25, 0.3) is 0 Å². The highest BCUT2D eigenvalue weighted by Crippen LogP contribution is 2.40. The summed E-state index contributed by atoms with van der Waals surface area (Å²) in [4.78, 5) is 28.9. The minimum atomic E-state index is -1.05. The van der Waals surface area contributed by atoms with E-state index >= 15 is 0 Å². The summed E-state index contributed by atoms with van der Waals surface area (Å²) in [7, 11) is 0. The highest BCUT2D eigenvalue weighted by Gasteiger charge is 2.41. The molecular weight excluding hydrogens is 502 g/mol. The number of aromatic carboxylic acids is 1. The molecule has 2 N–H and O–H groups in total. The number of amides is 1. The van der Waals surface area contributed by atoms with Gasteiger partial charge < -0.3 is 24.6 Å². The van der Waals surface area contributed by atoms with Gasteiger partial charge in [-0.2, -0.15) is 0 Å². The van der Waals surface area contributed by atoms with E-state index in [0.717, 1.165) is 30.6 Å². The topological polar surface area (TPSA) is 96.3 Å². The summed E-state index contributed by atoms with van der Waals surface area (Å²) in [5, 5.41) is 21.3. The first-order chi connectivity index (χ1) is 17.9. The number of allylic oxidation sites excluding steroid dienone is 2. The zero-order valence-corrected chi connectivity index (χ0v) is 23.9. The molecule has 0 radical (unpaired) electrons. The first-order valence-electron chi connectivity index (χ1n) is 13.7. The Morgan fingerprint density at radius 2 is 1.97 bits per heavy atom. The van der Waals surface area contributed by atoms with Crippen LogP contribution in [0, 0.1) is 23.2 Å². The van der Waals surface area contributed by atoms with Gasteiger partial charge in [-0.25, -0.2) is 4.79 Å². The summed E-state index contributed by atoms with van der Waals surface area (Å²) in [5.41, 5.74) is 0.548. The highest BCUT2D eigenvalue weighted by molar-refractivity contribution is 7.15. The lowest BCUT2D eigenvalue weighted by atomic mass is 9.81. The monoisotopic (exact) mass is 543 g/mol. The van der Waals surface area contributed by atoms with Gasteiger partial charge in [-0.1, -0.05) is 23.5 Å². The number of carboxylic acid groups (broad SMARTS) is 1. The number of carboxylic acids is 1. The molecule has 2 unspecified atom stereocenters. The molecule has 4 rings (SSSR count). The average Bonchev–Trinajstić information content (AvgIpc) is 3.53. The van der Waals surface area contributed by atoms with Crippen molar-refractivity contribution in [2.24, 2.45) is 11.3 Å². The fraction of sp³-hybridized carbons (Fsp3) is 0.667. The van der Waals surface area contributed by atoms with Crippen LogP contribution in [0.25, 0.3) is 0 Å². The summed E-state index contributed by atoms with van der Waals surface area (Å²) in [6.45, 7) is 9.61. The Balaban J connectivity index is 1.60. The Hall–Kier alpha value is -2.18. The van der Waals surface area contributed by atoms with Gasteiger partial charge >= 0.3 is 5.97 Å². The summed E-state index contributed by atoms with van der Waals surface area (Å²) in [6.07, 6.45) is 7.41. The third-order valence-electron chi connectivity index (χ3n) is 7.68. The van der Waals surface area contributed by atoms with Crippen molar-refractivity contribution in [3.63, 3.8) is 0 Å². The maximum atomic E-state index is 14.0. The number of anilines is 1. The minimum Gasteiger partial charge on any atom is -0.477 e. The number of hydrogen-bond donors (Lipinski definition) is 2. The first-order valence-corrected chi connectivity index (χ1v) is 14.6. The van der Waals surface area contributed by atoms with Crippen LogP contribution in [0.4, 0.5) is 5.69 Å². The molecule has 2 atom stereocenters. The van der Waals surface area contributed by atoms with E-state index in [1.165, 1.54) is 5.57 Å². The van der Waals surface area contributed by atoms with Gasteiger partial charge in [0.2, 0.25) is 5.91 Å². The molecule has 2 heterocycles. The maximum Gasteiger partial charge on any atom is 0.348 e. The predicted octanol–water partition coefficient (Wildman–Crippen LogP) is 5.40. The molecule has 2 aliphatic carbocycles. The van der Waals surface area contributed by atoms with Crippen LogP contribution in [0.15, 0.2) is 17.7 Å². The van der Waals surface area contributed by atoms with Crippen molar-refractivity contribution in [3.05, 3.63) is 27.5 Å². The van der Waals surface area contributed by atoms with Gasteiger partial charge in [0, 0.05) is 24.0 Å². The molecule has 0 spiro atoms. The van der Waals surface area contributed by atoms with Gasteiger partial charge in [0.05, 0.1) is 35.5 Å². The maximum absolute atomic E-state index is 14.0. The molecule has 8 heteroatoms. The van der Waals surface area contributed by atoms with Crippen LogP contribution in [-0.4, -0.2) is 59.7 Å². The molecule has 1 aromatic rings. The summed E-state index contributed by atoms with van der Waals surface area (Å²) >= 11 is 1.13. The molecule has 1 amide bonds. The van der Waals surface area contributed by atoms with Gasteiger partial charge in [0.1, 0.15) is 4.88 Å². The van der Waals surface area contributed by atoms with Gasteiger partial charge in [-0.3, -0.25) is 4.79 Å². The molecule has 208 valence electrons. The summed E-state index contributed by atoms with van der Waals surface area (Å²) < 4.78 is 11.3. The van der Waals surface area contributed by atoms with E-state index in [-0.39, 0.29) is 40.9 Å². The van der Waals surface area contributed by atoms with Crippen LogP contribution in [0.1, 0.15) is 93.6 Å². The summed E-state index contributed by atoms with van der Waals surface area (Å²) in [6, 6.07) is 1.58. The van der Waals surface area contributed by atoms with E-state index in [2.05, 4.69) is 24.8 Å². The van der Waals surface area contributed by atoms with Crippen molar-refractivity contribution in [1.29, 1.82) is 0 Å². The van der Waals surface area contributed by atoms with E-state index in [0.29, 0.717) is 55.9 Å². The fourth-order valence-corrected chi connectivity index (χ4v) is 6.21. The Kier molecular flexibility index (Phi) is 9.03. The number of thiophene rings is 1. The Bertz CT molecular complexity index is 1110. The number of ether oxygens (including phenoxy) is 2. The third-order valence-corrected chi connectivity index (χ3v) is 8.71. The Morgan fingerprint density at radius 1 is 1.24 bits per heavy atom. The van der Waals surface area contributed by atoms with Crippen molar-refractivity contribution >= 4 is 28.9 Å². The lowest BCUT2D eigenvalue weighted by molar-refractivity contribution is -0.124. The standard InChI is InChI=1S/C30H41NO6S/c1-20-5-7-21(8-6-20)27(32)31(25-17-24(11-13-29(2,3)4)38-26(25)28(33)34)22-9-14-30(35,15-10-22)19-37-23-12-16-36-18-23/h5,17,21-23,35H,6-10,12,14-16,18-19H2,1-4H3,(H,33,34). The van der Waals surface area contributed by atoms with E-state index in [1.807, 2.05) is 20.8 Å². The third kappa shape index (κ3) is 7.26. The van der Waals surface area contributed by atoms with Crippen molar-refractivity contribution in [2.45, 2.75) is 96.8 Å². The molecule has 1 aliphatic heterocycles. The Morgan fingerprint density at radius 3 is 2.55 bits per heavy atom. The van der Waals surface area contributed by atoms with Crippen LogP contribution in [0.3, 0.4) is 0 Å². The number of hydrogen-bond acceptors (Lipinski definition) is 6. The van der Waals surface area contributed by atoms with E-state index in [4.69, 9.17) is 9.47 Å². The van der Waals surface area contributed by atoms with Crippen LogP contribution >= 0.6 is 11.3 Å². The zero-order chi connectivity index (χ0) is 27.5. The quantitative estimate of drug-likeness (QED) is 0.353. The number of rotatable bonds is 7. The molecule has 0 bridgehead atoms. The van der Waals surface area contributed by atoms with Crippen molar-refractivity contribution in [2.75, 3.05) is 24.7 Å². The second kappa shape index (κ2) is 11.9. The van der Waals surface area contributed by atoms with Crippen molar-refractivity contribution in [1.82, 2.24) is 0 Å². The molecule has 1 aromatic heterocycles. The fourth-order valence-electron chi connectivity index (χ4n) is 5.37. The molecule has 1 saturated heterocycles. The largest absolute Gasteiger partial charge is 0.477 e. The number of nitrogens with zero attached hydrogens (tertiary/aromatic N) is 1. The van der Waals surface area contributed by atoms with Crippen molar-refractivity contribution in [3.8, 4) is 11.8 Å². The van der Waals surface area contributed by atoms with Crippen molar-refractivity contribution < 1.29 is 29.3 Å². The summed E-state index contributed by atoms with van der Waals surface area (Å²) in [5.74, 6) is 5.05. The average molecular weight is 544 g/mol. The second-order valence-electron chi connectivity index (χ2n) is 12.1. The van der Waals surface area contributed by atoms with Crippen LogP contribution in [-0.2, 0) is 14.3 Å². The number of aliphatic hydroxyl groups is 1. The number of carbonyl (C=O) groups excluding carboxylic acids is 1. The predicted molar refractivity (Wildman–Crippen MR) is 149 cm³/mol. The van der Waals surface area contributed by atoms with Crippen LogP contribution in [0.2, 0.25) is 0 Å². The van der Waals surface area contributed by atoms with Crippen LogP contribution < -0.4 is 4.90 Å². The zero-order valence-electron chi connectivity index (χ0n) is 23.0. The minimum absolute atomic E-state index is 0.0224. The van der Waals surface area contributed by atoms with E-state index in [1.54, 1.807) is 11.0 Å². The molecule has 3 aliphatic rings. The van der Waals surface area contributed by atoms with E-state index < -0.39 is 11.6 Å². The van der Waals surface area contributed by atoms with Gasteiger partial charge in [-0.15, -0.1) is 11.3 Å². The molecule has 2 fully saturated rings. The van der Waals surface area contributed by atoms with E-state index in [9.17, 15) is 19.8 Å². The molecule has 7 nitrogen and oxygen atoms in total. The molecular formula is C30H41NO6S. The lowest BCUT2D eigenvalue weighted by Crippen LogP contribution is -2.50. The lowest BCUT2D eigenvalue weighted by Gasteiger charge is -2.42. The first kappa shape index (κ1) is 28.8. The van der Waals surface area contributed by atoms with Crippen LogP contribution in [0.5, 0.6) is 0 Å². The smallest absolute Gasteiger partial charge is 0.348 e. The molecule has 0 aromatic carbocycles. The second-order valence-corrected chi connectivity index (χ2v) is 13.2. The molecule has 38 heavy (non-hydrogen) atoms. The van der Waals surface area contributed by atoms with Gasteiger partial charge in [0.15, 0.2) is 0 Å². The Labute approximate surface area is 230 Å². The molecule has 1 saturated carbocycles. The van der Waals surface area contributed by atoms with Gasteiger partial charge in [-0.05, 0) is 85.1 Å². The normalized spacial score (nSPS) is 27.8. The number of carbonyl (C=O) groups is 2. The highest BCUT2D eigenvalue weighted by atomic mass is 32.1. The SMILES string of the molecule is CC1=CCC(C(=O)N(c2cc(C#CC(C)(C)C)sc2C(=O)O)C2CCC(O)(COC3CCOC3)CC2)CC1.